The molecule has 3 N–H and O–H groups in total. The summed E-state index contributed by atoms with van der Waals surface area (Å²) >= 11 is 0. The van der Waals surface area contributed by atoms with E-state index in [2.05, 4.69) is 0 Å². The Labute approximate surface area is 71.8 Å². The lowest BCUT2D eigenvalue weighted by Crippen LogP contribution is -2.48. The first kappa shape index (κ1) is 8.81. The predicted molar refractivity (Wildman–Crippen MR) is 44.8 cm³/mol. The third-order valence-electron chi connectivity index (χ3n) is 1.94. The SMILES string of the molecule is N#CN(C(=N)N)N1CCCCC1. The summed E-state index contributed by atoms with van der Waals surface area (Å²) < 4.78 is 0. The molecule has 0 saturated carbocycles. The Hall–Kier alpha value is -1.28. The second-order valence-corrected chi connectivity index (χ2v) is 2.81. The van der Waals surface area contributed by atoms with Crippen LogP contribution in [0.15, 0.2) is 0 Å². The van der Waals surface area contributed by atoms with Crippen molar-refractivity contribution < 1.29 is 0 Å². The molecule has 0 aromatic carbocycles. The van der Waals surface area contributed by atoms with E-state index in [1.807, 2.05) is 11.2 Å². The lowest BCUT2D eigenvalue weighted by atomic mass is 10.2. The van der Waals surface area contributed by atoms with E-state index in [-0.39, 0.29) is 5.96 Å². The molecule has 1 fully saturated rings. The number of hydrogen-bond acceptors (Lipinski definition) is 3. The Kier molecular flexibility index (Phi) is 2.88. The second kappa shape index (κ2) is 3.93. The van der Waals surface area contributed by atoms with Crippen molar-refractivity contribution in [3.8, 4) is 6.19 Å². The minimum absolute atomic E-state index is 0.195. The monoisotopic (exact) mass is 167 g/mol. The zero-order valence-corrected chi connectivity index (χ0v) is 6.95. The number of nitrogens with one attached hydrogen (secondary N) is 1. The van der Waals surface area contributed by atoms with Crippen molar-refractivity contribution in [1.29, 1.82) is 10.7 Å². The first-order chi connectivity index (χ1) is 5.75. The number of nitrogens with zero attached hydrogens (tertiary/aromatic N) is 3. The minimum atomic E-state index is -0.195. The van der Waals surface area contributed by atoms with Crippen LogP contribution in [-0.4, -0.2) is 29.1 Å². The molecule has 0 radical (unpaired) electrons. The third-order valence-corrected chi connectivity index (χ3v) is 1.94. The van der Waals surface area contributed by atoms with Gasteiger partial charge in [0.25, 0.3) is 0 Å². The van der Waals surface area contributed by atoms with Crippen molar-refractivity contribution in [3.63, 3.8) is 0 Å². The minimum Gasteiger partial charge on any atom is -0.368 e. The number of rotatable bonds is 1. The molecule has 0 atom stereocenters. The maximum absolute atomic E-state index is 8.66. The van der Waals surface area contributed by atoms with Crippen LogP contribution in [0.1, 0.15) is 19.3 Å². The molecule has 1 saturated heterocycles. The molecule has 1 aliphatic rings. The van der Waals surface area contributed by atoms with Crippen LogP contribution in [0, 0.1) is 16.9 Å². The molecule has 12 heavy (non-hydrogen) atoms. The summed E-state index contributed by atoms with van der Waals surface area (Å²) in [6.07, 6.45) is 5.23. The average Bonchev–Trinajstić information content (AvgIpc) is 2.07. The fourth-order valence-corrected chi connectivity index (χ4v) is 1.35. The lowest BCUT2D eigenvalue weighted by molar-refractivity contribution is 0.0717. The van der Waals surface area contributed by atoms with Crippen LogP contribution in [-0.2, 0) is 0 Å². The van der Waals surface area contributed by atoms with Gasteiger partial charge in [0, 0.05) is 13.1 Å². The third kappa shape index (κ3) is 1.86. The smallest absolute Gasteiger partial charge is 0.217 e. The molecule has 5 nitrogen and oxygen atoms in total. The molecule has 5 heteroatoms. The van der Waals surface area contributed by atoms with E-state index in [4.69, 9.17) is 16.4 Å². The maximum Gasteiger partial charge on any atom is 0.217 e. The summed E-state index contributed by atoms with van der Waals surface area (Å²) in [5, 5.41) is 18.8. The average molecular weight is 167 g/mol. The molecule has 0 aliphatic carbocycles. The van der Waals surface area contributed by atoms with E-state index >= 15 is 0 Å². The van der Waals surface area contributed by atoms with Crippen LogP contribution in [0.3, 0.4) is 0 Å². The molecule has 0 aromatic heterocycles. The Balaban J connectivity index is 2.53. The van der Waals surface area contributed by atoms with Crippen LogP contribution < -0.4 is 5.73 Å². The van der Waals surface area contributed by atoms with Crippen molar-refractivity contribution in [1.82, 2.24) is 10.0 Å². The Morgan fingerprint density at radius 3 is 2.42 bits per heavy atom. The van der Waals surface area contributed by atoms with Crippen molar-refractivity contribution in [3.05, 3.63) is 0 Å². The van der Waals surface area contributed by atoms with Gasteiger partial charge >= 0.3 is 0 Å². The molecule has 66 valence electrons. The van der Waals surface area contributed by atoms with Gasteiger partial charge in [0.05, 0.1) is 0 Å². The fourth-order valence-electron chi connectivity index (χ4n) is 1.35. The summed E-state index contributed by atoms with van der Waals surface area (Å²) in [5.74, 6) is -0.195. The van der Waals surface area contributed by atoms with Gasteiger partial charge in [-0.05, 0) is 12.8 Å². The van der Waals surface area contributed by atoms with Gasteiger partial charge in [-0.25, -0.2) is 5.01 Å². The maximum atomic E-state index is 8.66. The van der Waals surface area contributed by atoms with Gasteiger partial charge in [-0.3, -0.25) is 5.41 Å². The van der Waals surface area contributed by atoms with Gasteiger partial charge in [-0.2, -0.15) is 10.3 Å². The van der Waals surface area contributed by atoms with Gasteiger partial charge in [-0.15, -0.1) is 0 Å². The standard InChI is InChI=1S/C7H13N5/c8-6-12(7(9)10)11-4-2-1-3-5-11/h1-5H2,(H3,9,10). The fraction of sp³-hybridized carbons (Fsp3) is 0.714. The first-order valence-corrected chi connectivity index (χ1v) is 4.04. The van der Waals surface area contributed by atoms with Crippen molar-refractivity contribution >= 4 is 5.96 Å². The molecule has 1 aliphatic heterocycles. The summed E-state index contributed by atoms with van der Waals surface area (Å²) in [5.41, 5.74) is 5.22. The van der Waals surface area contributed by atoms with Crippen LogP contribution in [0.5, 0.6) is 0 Å². The van der Waals surface area contributed by atoms with Crippen molar-refractivity contribution in [2.24, 2.45) is 5.73 Å². The van der Waals surface area contributed by atoms with E-state index in [9.17, 15) is 0 Å². The van der Waals surface area contributed by atoms with E-state index in [0.717, 1.165) is 30.9 Å². The molecular weight excluding hydrogens is 154 g/mol. The van der Waals surface area contributed by atoms with E-state index in [1.165, 1.54) is 6.42 Å². The zero-order valence-electron chi connectivity index (χ0n) is 6.95. The molecule has 1 rings (SSSR count). The Morgan fingerprint density at radius 1 is 1.42 bits per heavy atom. The number of nitrogens with two attached hydrogens (primary N) is 1. The number of nitriles is 1. The molecule has 0 aromatic rings. The summed E-state index contributed by atoms with van der Waals surface area (Å²) in [6, 6.07) is 0. The molecule has 0 unspecified atom stereocenters. The highest BCUT2D eigenvalue weighted by molar-refractivity contribution is 5.75. The summed E-state index contributed by atoms with van der Waals surface area (Å²) in [4.78, 5) is 0. The Morgan fingerprint density at radius 2 is 2.00 bits per heavy atom. The van der Waals surface area contributed by atoms with Crippen molar-refractivity contribution in [2.75, 3.05) is 13.1 Å². The van der Waals surface area contributed by atoms with Gasteiger partial charge < -0.3 is 5.73 Å². The van der Waals surface area contributed by atoms with Gasteiger partial charge in [0.15, 0.2) is 0 Å². The second-order valence-electron chi connectivity index (χ2n) is 2.81. The zero-order chi connectivity index (χ0) is 8.97. The van der Waals surface area contributed by atoms with Gasteiger partial charge in [0.1, 0.15) is 0 Å². The predicted octanol–water partition coefficient (Wildman–Crippen LogP) is 0.0638. The highest BCUT2D eigenvalue weighted by atomic mass is 15.6. The van der Waals surface area contributed by atoms with Crippen LogP contribution in [0.25, 0.3) is 0 Å². The van der Waals surface area contributed by atoms with E-state index in [0.29, 0.717) is 0 Å². The topological polar surface area (TPSA) is 80.1 Å². The highest BCUT2D eigenvalue weighted by Gasteiger charge is 2.18. The summed E-state index contributed by atoms with van der Waals surface area (Å²) in [7, 11) is 0. The van der Waals surface area contributed by atoms with E-state index < -0.39 is 0 Å². The number of piperidine rings is 1. The lowest BCUT2D eigenvalue weighted by Gasteiger charge is -2.31. The Bertz CT molecular complexity index is 200. The molecule has 0 amide bonds. The molecule has 1 heterocycles. The van der Waals surface area contributed by atoms with Gasteiger partial charge in [0.2, 0.25) is 12.2 Å². The van der Waals surface area contributed by atoms with E-state index in [1.54, 1.807) is 0 Å². The quantitative estimate of drug-likeness (QED) is 0.250. The largest absolute Gasteiger partial charge is 0.368 e. The normalized spacial score (nSPS) is 18.2. The molecule has 0 spiro atoms. The van der Waals surface area contributed by atoms with Crippen LogP contribution >= 0.6 is 0 Å². The summed E-state index contributed by atoms with van der Waals surface area (Å²) in [6.45, 7) is 1.65. The van der Waals surface area contributed by atoms with Crippen LogP contribution in [0.2, 0.25) is 0 Å². The number of hydrazine groups is 1. The van der Waals surface area contributed by atoms with Gasteiger partial charge in [-0.1, -0.05) is 6.42 Å². The number of hydrogen-bond donors (Lipinski definition) is 2. The highest BCUT2D eigenvalue weighted by Crippen LogP contribution is 2.10. The molecule has 0 bridgehead atoms. The van der Waals surface area contributed by atoms with Crippen LogP contribution in [0.4, 0.5) is 0 Å². The number of guanidine groups is 1. The first-order valence-electron chi connectivity index (χ1n) is 4.04. The molecular formula is C7H13N5. The van der Waals surface area contributed by atoms with Crippen molar-refractivity contribution in [2.45, 2.75) is 19.3 Å².